The van der Waals surface area contributed by atoms with Crippen molar-refractivity contribution in [2.45, 2.75) is 71.4 Å². The van der Waals surface area contributed by atoms with Crippen LogP contribution in [-0.2, 0) is 0 Å². The Bertz CT molecular complexity index is 250. The highest BCUT2D eigenvalue weighted by Crippen LogP contribution is 2.26. The van der Waals surface area contributed by atoms with E-state index in [4.69, 9.17) is 0 Å². The molecule has 1 aliphatic rings. The van der Waals surface area contributed by atoms with Crippen LogP contribution in [0.1, 0.15) is 59.8 Å². The average molecular weight is 252 g/mol. The van der Waals surface area contributed by atoms with Crippen molar-refractivity contribution < 1.29 is 0 Å². The van der Waals surface area contributed by atoms with Gasteiger partial charge in [-0.1, -0.05) is 25.3 Å². The molecular weight excluding hydrogens is 220 g/mol. The maximum absolute atomic E-state index is 4.10. The smallest absolute Gasteiger partial charge is 0.0309 e. The SMILES string of the molecule is C=C(C)CC(NCC)C(C)(C)N1CCCCCC1. The standard InChI is InChI=1S/C16H32N2/c1-6-17-15(13-14(2)3)16(4,5)18-11-9-7-8-10-12-18/h15,17H,2,6-13H2,1,3-5H3. The first-order valence-electron chi connectivity index (χ1n) is 7.61. The van der Waals surface area contributed by atoms with Gasteiger partial charge >= 0.3 is 0 Å². The van der Waals surface area contributed by atoms with Crippen LogP contribution >= 0.6 is 0 Å². The van der Waals surface area contributed by atoms with E-state index < -0.39 is 0 Å². The van der Waals surface area contributed by atoms with Crippen LogP contribution in [0.2, 0.25) is 0 Å². The molecule has 18 heavy (non-hydrogen) atoms. The monoisotopic (exact) mass is 252 g/mol. The second-order valence-corrected chi connectivity index (χ2v) is 6.33. The van der Waals surface area contributed by atoms with Gasteiger partial charge in [0.05, 0.1) is 0 Å². The van der Waals surface area contributed by atoms with Crippen LogP contribution in [-0.4, -0.2) is 36.1 Å². The number of hydrogen-bond donors (Lipinski definition) is 1. The first kappa shape index (κ1) is 15.7. The van der Waals surface area contributed by atoms with E-state index >= 15 is 0 Å². The van der Waals surface area contributed by atoms with Crippen LogP contribution < -0.4 is 5.32 Å². The van der Waals surface area contributed by atoms with Crippen molar-refractivity contribution >= 4 is 0 Å². The third-order valence-electron chi connectivity index (χ3n) is 4.28. The summed E-state index contributed by atoms with van der Waals surface area (Å²) < 4.78 is 0. The van der Waals surface area contributed by atoms with E-state index in [1.165, 1.54) is 44.3 Å². The Hall–Kier alpha value is -0.340. The van der Waals surface area contributed by atoms with Gasteiger partial charge in [0.1, 0.15) is 0 Å². The first-order valence-corrected chi connectivity index (χ1v) is 7.61. The van der Waals surface area contributed by atoms with Gasteiger partial charge in [0, 0.05) is 11.6 Å². The Morgan fingerprint density at radius 3 is 2.22 bits per heavy atom. The second kappa shape index (κ2) is 7.30. The fourth-order valence-electron chi connectivity index (χ4n) is 3.03. The Labute approximate surface area is 114 Å². The molecule has 2 nitrogen and oxygen atoms in total. The molecule has 0 spiro atoms. The van der Waals surface area contributed by atoms with E-state index in [9.17, 15) is 0 Å². The molecule has 1 saturated heterocycles. The van der Waals surface area contributed by atoms with Crippen LogP contribution in [0.3, 0.4) is 0 Å². The average Bonchev–Trinajstić information content (AvgIpc) is 2.56. The molecule has 0 radical (unpaired) electrons. The van der Waals surface area contributed by atoms with Crippen LogP contribution in [0.5, 0.6) is 0 Å². The van der Waals surface area contributed by atoms with Gasteiger partial charge in [0.2, 0.25) is 0 Å². The normalized spacial score (nSPS) is 20.4. The predicted molar refractivity (Wildman–Crippen MR) is 81.0 cm³/mol. The Kier molecular flexibility index (Phi) is 6.37. The number of likely N-dealkylation sites (tertiary alicyclic amines) is 1. The lowest BCUT2D eigenvalue weighted by Crippen LogP contribution is -2.58. The molecular formula is C16H32N2. The Morgan fingerprint density at radius 1 is 1.22 bits per heavy atom. The maximum Gasteiger partial charge on any atom is 0.0309 e. The summed E-state index contributed by atoms with van der Waals surface area (Å²) >= 11 is 0. The largest absolute Gasteiger partial charge is 0.312 e. The molecule has 0 bridgehead atoms. The van der Waals surface area contributed by atoms with Crippen molar-refractivity contribution in [3.8, 4) is 0 Å². The number of rotatable bonds is 6. The fraction of sp³-hybridized carbons (Fsp3) is 0.875. The van der Waals surface area contributed by atoms with E-state index in [2.05, 4.69) is 44.5 Å². The molecule has 2 heteroatoms. The molecule has 0 aromatic heterocycles. The lowest BCUT2D eigenvalue weighted by molar-refractivity contribution is 0.0841. The quantitative estimate of drug-likeness (QED) is 0.727. The number of hydrogen-bond acceptors (Lipinski definition) is 2. The third kappa shape index (κ3) is 4.40. The molecule has 1 rings (SSSR count). The van der Waals surface area contributed by atoms with Crippen LogP contribution in [0, 0.1) is 0 Å². The van der Waals surface area contributed by atoms with Crippen LogP contribution in [0.4, 0.5) is 0 Å². The topological polar surface area (TPSA) is 15.3 Å². The summed E-state index contributed by atoms with van der Waals surface area (Å²) in [5, 5.41) is 3.67. The van der Waals surface area contributed by atoms with Crippen molar-refractivity contribution in [1.29, 1.82) is 0 Å². The lowest BCUT2D eigenvalue weighted by Gasteiger charge is -2.44. The summed E-state index contributed by atoms with van der Waals surface area (Å²) in [4.78, 5) is 2.69. The third-order valence-corrected chi connectivity index (χ3v) is 4.28. The zero-order valence-electron chi connectivity index (χ0n) is 12.9. The number of nitrogens with zero attached hydrogens (tertiary/aromatic N) is 1. The van der Waals surface area contributed by atoms with E-state index in [0.717, 1.165) is 13.0 Å². The van der Waals surface area contributed by atoms with E-state index in [1.807, 2.05) is 0 Å². The van der Waals surface area contributed by atoms with Gasteiger partial charge in [-0.25, -0.2) is 0 Å². The number of likely N-dealkylation sites (N-methyl/N-ethyl adjacent to an activating group) is 1. The first-order chi connectivity index (χ1) is 8.48. The van der Waals surface area contributed by atoms with Crippen molar-refractivity contribution in [3.05, 3.63) is 12.2 Å². The van der Waals surface area contributed by atoms with Gasteiger partial charge < -0.3 is 5.32 Å². The van der Waals surface area contributed by atoms with Gasteiger partial charge in [-0.2, -0.15) is 0 Å². The summed E-state index contributed by atoms with van der Waals surface area (Å²) in [5.74, 6) is 0. The molecule has 1 N–H and O–H groups in total. The van der Waals surface area contributed by atoms with Crippen molar-refractivity contribution in [2.24, 2.45) is 0 Å². The maximum atomic E-state index is 4.10. The van der Waals surface area contributed by atoms with E-state index in [-0.39, 0.29) is 5.54 Å². The second-order valence-electron chi connectivity index (χ2n) is 6.33. The van der Waals surface area contributed by atoms with E-state index in [1.54, 1.807) is 0 Å². The lowest BCUT2D eigenvalue weighted by atomic mass is 9.87. The predicted octanol–water partition coefficient (Wildman–Crippen LogP) is 3.59. The highest BCUT2D eigenvalue weighted by atomic mass is 15.2. The van der Waals surface area contributed by atoms with Crippen LogP contribution in [0.25, 0.3) is 0 Å². The molecule has 1 fully saturated rings. The summed E-state index contributed by atoms with van der Waals surface area (Å²) in [5.41, 5.74) is 1.50. The molecule has 0 amide bonds. The van der Waals surface area contributed by atoms with Gasteiger partial charge in [-0.3, -0.25) is 4.90 Å². The molecule has 1 unspecified atom stereocenters. The highest BCUT2D eigenvalue weighted by molar-refractivity contribution is 5.02. The molecule has 1 aliphatic heterocycles. The van der Waals surface area contributed by atoms with Gasteiger partial charge in [-0.05, 0) is 59.7 Å². The minimum Gasteiger partial charge on any atom is -0.312 e. The molecule has 106 valence electrons. The minimum absolute atomic E-state index is 0.222. The van der Waals surface area contributed by atoms with Gasteiger partial charge in [0.15, 0.2) is 0 Å². The molecule has 0 aromatic carbocycles. The minimum atomic E-state index is 0.222. The van der Waals surface area contributed by atoms with Crippen LogP contribution in [0.15, 0.2) is 12.2 Å². The molecule has 1 heterocycles. The number of nitrogens with one attached hydrogen (secondary N) is 1. The van der Waals surface area contributed by atoms with Crippen molar-refractivity contribution in [2.75, 3.05) is 19.6 Å². The van der Waals surface area contributed by atoms with Crippen molar-refractivity contribution in [3.63, 3.8) is 0 Å². The molecule has 0 aromatic rings. The Balaban J connectivity index is 2.73. The zero-order valence-corrected chi connectivity index (χ0v) is 12.9. The molecule has 0 saturated carbocycles. The summed E-state index contributed by atoms with van der Waals surface area (Å²) in [6.45, 7) is 16.8. The summed E-state index contributed by atoms with van der Waals surface area (Å²) in [6, 6.07) is 0.512. The molecule has 1 atom stereocenters. The van der Waals surface area contributed by atoms with Gasteiger partial charge in [-0.15, -0.1) is 6.58 Å². The highest BCUT2D eigenvalue weighted by Gasteiger charge is 2.34. The summed E-state index contributed by atoms with van der Waals surface area (Å²) in [6.07, 6.45) is 6.60. The zero-order chi connectivity index (χ0) is 13.6. The summed E-state index contributed by atoms with van der Waals surface area (Å²) in [7, 11) is 0. The van der Waals surface area contributed by atoms with E-state index in [0.29, 0.717) is 6.04 Å². The Morgan fingerprint density at radius 2 is 1.78 bits per heavy atom. The molecule has 0 aliphatic carbocycles. The van der Waals surface area contributed by atoms with Gasteiger partial charge in [0.25, 0.3) is 0 Å². The van der Waals surface area contributed by atoms with Crippen molar-refractivity contribution in [1.82, 2.24) is 10.2 Å². The fourth-order valence-corrected chi connectivity index (χ4v) is 3.03.